The number of anilines is 1. The van der Waals surface area contributed by atoms with Gasteiger partial charge in [-0.2, -0.15) is 0 Å². The van der Waals surface area contributed by atoms with E-state index in [4.69, 9.17) is 9.72 Å². The fraction of sp³-hybridized carbons (Fsp3) is 0.538. The summed E-state index contributed by atoms with van der Waals surface area (Å²) in [6, 6.07) is 0. The summed E-state index contributed by atoms with van der Waals surface area (Å²) in [4.78, 5) is 10.5. The van der Waals surface area contributed by atoms with Crippen molar-refractivity contribution in [2.75, 3.05) is 19.0 Å². The summed E-state index contributed by atoms with van der Waals surface area (Å²) in [6.45, 7) is 3.54. The normalized spacial score (nSPS) is 14.8. The van der Waals surface area contributed by atoms with Crippen LogP contribution in [0, 0.1) is 0 Å². The molecule has 1 fully saturated rings. The van der Waals surface area contributed by atoms with Gasteiger partial charge in [0.15, 0.2) is 5.13 Å². The minimum absolute atomic E-state index is 0.562. The third-order valence-electron chi connectivity index (χ3n) is 2.99. The average Bonchev–Trinajstić information content (AvgIpc) is 3.01. The van der Waals surface area contributed by atoms with Crippen molar-refractivity contribution in [1.29, 1.82) is 0 Å². The van der Waals surface area contributed by atoms with Gasteiger partial charge in [-0.25, -0.2) is 9.97 Å². The van der Waals surface area contributed by atoms with E-state index in [0.717, 1.165) is 23.1 Å². The number of hydrogen-bond donors (Lipinski definition) is 1. The smallest absolute Gasteiger partial charge is 0.183 e. The first-order chi connectivity index (χ1) is 9.31. The number of ether oxygens (including phenoxy) is 1. The van der Waals surface area contributed by atoms with Gasteiger partial charge < -0.3 is 10.1 Å². The molecule has 0 aliphatic heterocycles. The molecule has 6 heteroatoms. The van der Waals surface area contributed by atoms with E-state index in [9.17, 15) is 0 Å². The Kier molecular flexibility index (Phi) is 3.81. The minimum Gasteiger partial charge on any atom is -0.378 e. The average molecular weight is 295 g/mol. The van der Waals surface area contributed by atoms with Crippen molar-refractivity contribution in [2.24, 2.45) is 0 Å². The van der Waals surface area contributed by atoms with Crippen LogP contribution in [-0.4, -0.2) is 23.6 Å². The Morgan fingerprint density at radius 2 is 2.26 bits per heavy atom. The molecule has 1 aliphatic carbocycles. The zero-order valence-corrected chi connectivity index (χ0v) is 12.7. The first kappa shape index (κ1) is 13.0. The van der Waals surface area contributed by atoms with Crippen molar-refractivity contribution in [3.63, 3.8) is 0 Å². The predicted octanol–water partition coefficient (Wildman–Crippen LogP) is 3.72. The summed E-state index contributed by atoms with van der Waals surface area (Å²) >= 11 is 3.42. The second kappa shape index (κ2) is 5.56. The molecule has 2 heterocycles. The number of methoxy groups -OCH3 is 1. The number of nitrogens with one attached hydrogen (secondary N) is 1. The molecule has 1 N–H and O–H groups in total. The van der Waals surface area contributed by atoms with Crippen LogP contribution < -0.4 is 5.32 Å². The molecular formula is C13H17N3OS2. The van der Waals surface area contributed by atoms with Crippen LogP contribution in [0.1, 0.15) is 36.4 Å². The largest absolute Gasteiger partial charge is 0.378 e. The van der Waals surface area contributed by atoms with Crippen molar-refractivity contribution >= 4 is 27.8 Å². The van der Waals surface area contributed by atoms with Gasteiger partial charge in [0.25, 0.3) is 0 Å². The highest BCUT2D eigenvalue weighted by atomic mass is 32.1. The van der Waals surface area contributed by atoms with Crippen molar-refractivity contribution in [3.05, 3.63) is 16.1 Å². The zero-order chi connectivity index (χ0) is 13.2. The van der Waals surface area contributed by atoms with Crippen molar-refractivity contribution in [3.8, 4) is 10.6 Å². The maximum absolute atomic E-state index is 5.26. The lowest BCUT2D eigenvalue weighted by molar-refractivity contribution is 0.182. The number of rotatable bonds is 6. The summed E-state index contributed by atoms with van der Waals surface area (Å²) in [5.74, 6) is 0.682. The quantitative estimate of drug-likeness (QED) is 0.882. The number of aromatic nitrogens is 2. The molecule has 19 heavy (non-hydrogen) atoms. The summed E-state index contributed by atoms with van der Waals surface area (Å²) in [5, 5.41) is 7.57. The van der Waals surface area contributed by atoms with Crippen molar-refractivity contribution in [1.82, 2.24) is 9.97 Å². The van der Waals surface area contributed by atoms with E-state index in [2.05, 4.69) is 22.6 Å². The van der Waals surface area contributed by atoms with Crippen LogP contribution in [0.15, 0.2) is 5.38 Å². The second-order valence-corrected chi connectivity index (χ2v) is 6.49. The molecule has 0 unspecified atom stereocenters. The standard InChI is InChI=1S/C13H17N3OS2/c1-3-14-13-16-10(7-18-13)11-9(6-17-2)15-12(19-11)8-4-5-8/h7-8H,3-6H2,1-2H3,(H,14,16). The molecule has 1 saturated carbocycles. The predicted molar refractivity (Wildman–Crippen MR) is 80.1 cm³/mol. The summed E-state index contributed by atoms with van der Waals surface area (Å²) < 4.78 is 5.26. The van der Waals surface area contributed by atoms with Gasteiger partial charge in [-0.1, -0.05) is 0 Å². The van der Waals surface area contributed by atoms with Crippen LogP contribution in [0.3, 0.4) is 0 Å². The lowest BCUT2D eigenvalue weighted by atomic mass is 10.3. The molecule has 102 valence electrons. The lowest BCUT2D eigenvalue weighted by Gasteiger charge is -1.98. The van der Waals surface area contributed by atoms with E-state index in [0.29, 0.717) is 12.5 Å². The highest BCUT2D eigenvalue weighted by molar-refractivity contribution is 7.17. The maximum Gasteiger partial charge on any atom is 0.183 e. The highest BCUT2D eigenvalue weighted by Gasteiger charge is 2.29. The Labute approximate surface area is 120 Å². The molecule has 1 aliphatic rings. The Hall–Kier alpha value is -0.980. The van der Waals surface area contributed by atoms with Gasteiger partial charge in [-0.3, -0.25) is 0 Å². The Bertz CT molecular complexity index is 560. The molecule has 0 spiro atoms. The van der Waals surface area contributed by atoms with Gasteiger partial charge in [-0.05, 0) is 19.8 Å². The monoisotopic (exact) mass is 295 g/mol. The Balaban J connectivity index is 1.91. The molecule has 0 amide bonds. The SMILES string of the molecule is CCNc1nc(-c2sc(C3CC3)nc2COC)cs1. The van der Waals surface area contributed by atoms with Crippen LogP contribution in [0.25, 0.3) is 10.6 Å². The van der Waals surface area contributed by atoms with Crippen LogP contribution in [0.2, 0.25) is 0 Å². The van der Waals surface area contributed by atoms with Gasteiger partial charge in [0.2, 0.25) is 0 Å². The maximum atomic E-state index is 5.26. The molecule has 0 aromatic carbocycles. The summed E-state index contributed by atoms with van der Waals surface area (Å²) in [7, 11) is 1.71. The molecular weight excluding hydrogens is 278 g/mol. The van der Waals surface area contributed by atoms with Crippen molar-refractivity contribution < 1.29 is 4.74 Å². The van der Waals surface area contributed by atoms with Crippen LogP contribution >= 0.6 is 22.7 Å². The number of nitrogens with zero attached hydrogens (tertiary/aromatic N) is 2. The number of thiazole rings is 2. The second-order valence-electron chi connectivity index (χ2n) is 4.60. The Morgan fingerprint density at radius 3 is 2.95 bits per heavy atom. The molecule has 0 radical (unpaired) electrons. The topological polar surface area (TPSA) is 47.0 Å². The van der Waals surface area contributed by atoms with Gasteiger partial charge in [0.1, 0.15) is 0 Å². The third kappa shape index (κ3) is 2.80. The van der Waals surface area contributed by atoms with E-state index in [1.54, 1.807) is 29.8 Å². The van der Waals surface area contributed by atoms with Gasteiger partial charge in [0.05, 0.1) is 27.9 Å². The summed E-state index contributed by atoms with van der Waals surface area (Å²) in [6.07, 6.45) is 2.55. The number of hydrogen-bond acceptors (Lipinski definition) is 6. The van der Waals surface area contributed by atoms with E-state index in [-0.39, 0.29) is 0 Å². The molecule has 3 rings (SSSR count). The van der Waals surface area contributed by atoms with E-state index < -0.39 is 0 Å². The van der Waals surface area contributed by atoms with Crippen molar-refractivity contribution in [2.45, 2.75) is 32.3 Å². The molecule has 2 aromatic rings. The fourth-order valence-corrected chi connectivity index (χ4v) is 3.97. The van der Waals surface area contributed by atoms with Crippen LogP contribution in [0.5, 0.6) is 0 Å². The highest BCUT2D eigenvalue weighted by Crippen LogP contribution is 2.45. The lowest BCUT2D eigenvalue weighted by Crippen LogP contribution is -1.95. The summed E-state index contributed by atoms with van der Waals surface area (Å²) in [5.41, 5.74) is 2.06. The first-order valence-corrected chi connectivity index (χ1v) is 8.19. The zero-order valence-electron chi connectivity index (χ0n) is 11.1. The van der Waals surface area contributed by atoms with Gasteiger partial charge in [-0.15, -0.1) is 22.7 Å². The molecule has 4 nitrogen and oxygen atoms in total. The molecule has 2 aromatic heterocycles. The van der Waals surface area contributed by atoms with Crippen LogP contribution in [-0.2, 0) is 11.3 Å². The van der Waals surface area contributed by atoms with Crippen LogP contribution in [0.4, 0.5) is 5.13 Å². The first-order valence-electron chi connectivity index (χ1n) is 6.50. The Morgan fingerprint density at radius 1 is 1.42 bits per heavy atom. The van der Waals surface area contributed by atoms with E-state index >= 15 is 0 Å². The minimum atomic E-state index is 0.562. The molecule has 0 bridgehead atoms. The van der Waals surface area contributed by atoms with E-state index in [1.165, 1.54) is 22.7 Å². The fourth-order valence-electron chi connectivity index (χ4n) is 1.92. The van der Waals surface area contributed by atoms with Gasteiger partial charge >= 0.3 is 0 Å². The van der Waals surface area contributed by atoms with E-state index in [1.807, 2.05) is 0 Å². The van der Waals surface area contributed by atoms with Gasteiger partial charge in [0, 0.05) is 25.0 Å². The third-order valence-corrected chi connectivity index (χ3v) is 5.07. The molecule has 0 saturated heterocycles. The molecule has 0 atom stereocenters.